The van der Waals surface area contributed by atoms with Crippen molar-refractivity contribution in [2.45, 2.75) is 39.2 Å². The Morgan fingerprint density at radius 3 is 2.31 bits per heavy atom. The van der Waals surface area contributed by atoms with Gasteiger partial charge in [-0.05, 0) is 45.3 Å². The number of nitrogens with one attached hydrogen (secondary N) is 1. The molecule has 2 heteroatoms. The van der Waals surface area contributed by atoms with E-state index in [2.05, 4.69) is 31.1 Å². The van der Waals surface area contributed by atoms with Crippen molar-refractivity contribution in [3.63, 3.8) is 0 Å². The largest absolute Gasteiger partial charge is 0.318 e. The van der Waals surface area contributed by atoms with E-state index in [9.17, 15) is 0 Å². The molecule has 1 saturated heterocycles. The first-order valence-electron chi connectivity index (χ1n) is 5.62. The van der Waals surface area contributed by atoms with Crippen molar-refractivity contribution in [2.24, 2.45) is 5.92 Å². The summed E-state index contributed by atoms with van der Waals surface area (Å²) in [5.74, 6) is 0.818. The molecule has 1 unspecified atom stereocenters. The maximum Gasteiger partial charge on any atom is 0.0222 e. The summed E-state index contributed by atoms with van der Waals surface area (Å²) in [5.41, 5.74) is 0. The Kier molecular flexibility index (Phi) is 4.74. The number of likely N-dealkylation sites (tertiary alicyclic amines) is 1. The highest BCUT2D eigenvalue weighted by molar-refractivity contribution is 4.78. The third-order valence-electron chi connectivity index (χ3n) is 2.84. The Hall–Kier alpha value is -0.0800. The van der Waals surface area contributed by atoms with E-state index in [0.717, 1.165) is 18.5 Å². The number of likely N-dealkylation sites (N-methyl/N-ethyl adjacent to an activating group) is 1. The molecule has 78 valence electrons. The first-order chi connectivity index (χ1) is 6.24. The van der Waals surface area contributed by atoms with Crippen molar-refractivity contribution in [3.8, 4) is 0 Å². The summed E-state index contributed by atoms with van der Waals surface area (Å²) in [4.78, 5) is 2.65. The average Bonchev–Trinajstić information content (AvgIpc) is 2.54. The summed E-state index contributed by atoms with van der Waals surface area (Å²) >= 11 is 0. The van der Waals surface area contributed by atoms with Crippen LogP contribution in [0.1, 0.15) is 33.1 Å². The molecule has 0 spiro atoms. The van der Waals surface area contributed by atoms with E-state index in [1.54, 1.807) is 0 Å². The zero-order chi connectivity index (χ0) is 9.68. The summed E-state index contributed by atoms with van der Waals surface area (Å²) in [6, 6.07) is 0.771. The van der Waals surface area contributed by atoms with E-state index >= 15 is 0 Å². The molecule has 1 atom stereocenters. The molecule has 1 N–H and O–H groups in total. The molecule has 0 bridgehead atoms. The van der Waals surface area contributed by atoms with Gasteiger partial charge < -0.3 is 5.32 Å². The van der Waals surface area contributed by atoms with Crippen LogP contribution in [0.15, 0.2) is 0 Å². The zero-order valence-corrected chi connectivity index (χ0v) is 9.34. The number of rotatable bonds is 5. The van der Waals surface area contributed by atoms with Crippen LogP contribution in [-0.2, 0) is 0 Å². The molecular weight excluding hydrogens is 160 g/mol. The van der Waals surface area contributed by atoms with E-state index < -0.39 is 0 Å². The van der Waals surface area contributed by atoms with Crippen LogP contribution in [0.25, 0.3) is 0 Å². The van der Waals surface area contributed by atoms with Crippen molar-refractivity contribution in [2.75, 3.05) is 26.7 Å². The van der Waals surface area contributed by atoms with Gasteiger partial charge in [-0.15, -0.1) is 0 Å². The van der Waals surface area contributed by atoms with Crippen LogP contribution in [0.2, 0.25) is 0 Å². The highest BCUT2D eigenvalue weighted by Crippen LogP contribution is 2.16. The van der Waals surface area contributed by atoms with Crippen LogP contribution in [0.4, 0.5) is 0 Å². The fraction of sp³-hybridized carbons (Fsp3) is 1.00. The third-order valence-corrected chi connectivity index (χ3v) is 2.84. The van der Waals surface area contributed by atoms with E-state index in [0.29, 0.717) is 0 Å². The van der Waals surface area contributed by atoms with Gasteiger partial charge in [0.1, 0.15) is 0 Å². The van der Waals surface area contributed by atoms with Crippen molar-refractivity contribution in [3.05, 3.63) is 0 Å². The Morgan fingerprint density at radius 1 is 1.23 bits per heavy atom. The molecular formula is C11H24N2. The Morgan fingerprint density at radius 2 is 1.85 bits per heavy atom. The fourth-order valence-electron chi connectivity index (χ4n) is 2.25. The van der Waals surface area contributed by atoms with Crippen LogP contribution < -0.4 is 5.32 Å². The molecule has 0 aromatic heterocycles. The fourth-order valence-corrected chi connectivity index (χ4v) is 2.25. The number of hydrogen-bond acceptors (Lipinski definition) is 2. The molecule has 13 heavy (non-hydrogen) atoms. The van der Waals surface area contributed by atoms with Gasteiger partial charge in [-0.25, -0.2) is 0 Å². The highest BCUT2D eigenvalue weighted by atomic mass is 15.2. The summed E-state index contributed by atoms with van der Waals surface area (Å²) in [5, 5.41) is 3.31. The minimum atomic E-state index is 0.771. The molecule has 0 amide bonds. The second kappa shape index (κ2) is 5.61. The highest BCUT2D eigenvalue weighted by Gasteiger charge is 2.21. The second-order valence-corrected chi connectivity index (χ2v) is 4.58. The van der Waals surface area contributed by atoms with Gasteiger partial charge in [0.2, 0.25) is 0 Å². The van der Waals surface area contributed by atoms with Crippen LogP contribution in [0.3, 0.4) is 0 Å². The lowest BCUT2D eigenvalue weighted by atomic mass is 10.0. The molecule has 0 radical (unpaired) electrons. The molecule has 0 aromatic rings. The summed E-state index contributed by atoms with van der Waals surface area (Å²) < 4.78 is 0. The molecule has 1 aliphatic heterocycles. The SMILES string of the molecule is CNCC(CC(C)C)N1CCCC1. The smallest absolute Gasteiger partial charge is 0.0222 e. The quantitative estimate of drug-likeness (QED) is 0.700. The maximum absolute atomic E-state index is 3.31. The molecule has 2 nitrogen and oxygen atoms in total. The topological polar surface area (TPSA) is 15.3 Å². The van der Waals surface area contributed by atoms with Gasteiger partial charge in [-0.2, -0.15) is 0 Å². The Bertz CT molecular complexity index is 128. The molecule has 0 aromatic carbocycles. The normalized spacial score (nSPS) is 21.2. The first kappa shape index (κ1) is 11.0. The minimum absolute atomic E-state index is 0.771. The Balaban J connectivity index is 2.35. The monoisotopic (exact) mass is 184 g/mol. The lowest BCUT2D eigenvalue weighted by molar-refractivity contribution is 0.210. The van der Waals surface area contributed by atoms with E-state index in [4.69, 9.17) is 0 Å². The predicted octanol–water partition coefficient (Wildman–Crippen LogP) is 1.72. The van der Waals surface area contributed by atoms with E-state index in [1.807, 2.05) is 0 Å². The van der Waals surface area contributed by atoms with Gasteiger partial charge in [0.05, 0.1) is 0 Å². The summed E-state index contributed by atoms with van der Waals surface area (Å²) in [7, 11) is 2.06. The third kappa shape index (κ3) is 3.65. The molecule has 0 aliphatic carbocycles. The minimum Gasteiger partial charge on any atom is -0.318 e. The first-order valence-corrected chi connectivity index (χ1v) is 5.62. The summed E-state index contributed by atoms with van der Waals surface area (Å²) in [6.07, 6.45) is 4.14. The van der Waals surface area contributed by atoms with Gasteiger partial charge in [0, 0.05) is 12.6 Å². The summed E-state index contributed by atoms with van der Waals surface area (Å²) in [6.45, 7) is 8.42. The predicted molar refractivity (Wildman–Crippen MR) is 58.0 cm³/mol. The van der Waals surface area contributed by atoms with E-state index in [1.165, 1.54) is 32.4 Å². The van der Waals surface area contributed by atoms with Gasteiger partial charge in [0.25, 0.3) is 0 Å². The molecule has 1 heterocycles. The van der Waals surface area contributed by atoms with Gasteiger partial charge in [0.15, 0.2) is 0 Å². The lowest BCUT2D eigenvalue weighted by Crippen LogP contribution is -2.40. The van der Waals surface area contributed by atoms with Gasteiger partial charge in [-0.1, -0.05) is 13.8 Å². The van der Waals surface area contributed by atoms with Crippen LogP contribution in [0.5, 0.6) is 0 Å². The molecule has 1 aliphatic rings. The van der Waals surface area contributed by atoms with Crippen LogP contribution >= 0.6 is 0 Å². The van der Waals surface area contributed by atoms with E-state index in [-0.39, 0.29) is 0 Å². The molecule has 1 rings (SSSR count). The second-order valence-electron chi connectivity index (χ2n) is 4.58. The Labute approximate surface area is 82.7 Å². The maximum atomic E-state index is 3.31. The van der Waals surface area contributed by atoms with Crippen molar-refractivity contribution >= 4 is 0 Å². The van der Waals surface area contributed by atoms with Crippen LogP contribution in [0, 0.1) is 5.92 Å². The van der Waals surface area contributed by atoms with Crippen molar-refractivity contribution in [1.82, 2.24) is 10.2 Å². The number of nitrogens with zero attached hydrogens (tertiary/aromatic N) is 1. The lowest BCUT2D eigenvalue weighted by Gasteiger charge is -2.28. The average molecular weight is 184 g/mol. The van der Waals surface area contributed by atoms with Gasteiger partial charge in [-0.3, -0.25) is 4.90 Å². The van der Waals surface area contributed by atoms with Crippen LogP contribution in [-0.4, -0.2) is 37.6 Å². The van der Waals surface area contributed by atoms with Crippen molar-refractivity contribution < 1.29 is 0 Å². The standard InChI is InChI=1S/C11H24N2/c1-10(2)8-11(9-12-3)13-6-4-5-7-13/h10-12H,4-9H2,1-3H3. The number of hydrogen-bond donors (Lipinski definition) is 1. The van der Waals surface area contributed by atoms with Crippen molar-refractivity contribution in [1.29, 1.82) is 0 Å². The molecule has 0 saturated carbocycles. The zero-order valence-electron chi connectivity index (χ0n) is 9.34. The van der Waals surface area contributed by atoms with Gasteiger partial charge >= 0.3 is 0 Å². The molecule has 1 fully saturated rings.